The highest BCUT2D eigenvalue weighted by molar-refractivity contribution is 5.49. The SMILES string of the molecule is CCCCCc1ccc(C#Cc2ccc(C#Cc3ccc(CCCC)c(F)c3)c(F)c2)cc1. The Morgan fingerprint density at radius 2 is 1.18 bits per heavy atom. The number of unbranched alkanes of at least 4 members (excludes halogenated alkanes) is 3. The Kier molecular flexibility index (Phi) is 9.29. The van der Waals surface area contributed by atoms with E-state index in [-0.39, 0.29) is 11.4 Å². The fraction of sp³-hybridized carbons (Fsp3) is 0.290. The second-order valence-corrected chi connectivity index (χ2v) is 8.26. The molecule has 0 fully saturated rings. The van der Waals surface area contributed by atoms with Gasteiger partial charge < -0.3 is 0 Å². The lowest BCUT2D eigenvalue weighted by Crippen LogP contribution is -1.91. The minimum atomic E-state index is -0.430. The number of rotatable bonds is 7. The Labute approximate surface area is 197 Å². The average Bonchev–Trinajstić information content (AvgIpc) is 2.82. The monoisotopic (exact) mass is 440 g/mol. The predicted molar refractivity (Wildman–Crippen MR) is 133 cm³/mol. The van der Waals surface area contributed by atoms with Gasteiger partial charge in [0.2, 0.25) is 0 Å². The van der Waals surface area contributed by atoms with E-state index in [2.05, 4.69) is 49.7 Å². The molecular weight excluding hydrogens is 410 g/mol. The lowest BCUT2D eigenvalue weighted by molar-refractivity contribution is 0.603. The van der Waals surface area contributed by atoms with E-state index in [1.165, 1.54) is 37.0 Å². The van der Waals surface area contributed by atoms with Crippen LogP contribution in [0.3, 0.4) is 0 Å². The predicted octanol–water partition coefficient (Wildman–Crippen LogP) is 7.84. The highest BCUT2D eigenvalue weighted by Gasteiger charge is 2.03. The van der Waals surface area contributed by atoms with Crippen LogP contribution in [0.1, 0.15) is 79.3 Å². The van der Waals surface area contributed by atoms with Crippen LogP contribution in [0.15, 0.2) is 60.7 Å². The third-order valence-electron chi connectivity index (χ3n) is 5.54. The number of benzene rings is 3. The molecule has 3 aromatic rings. The molecular formula is C31H30F2. The first-order chi connectivity index (χ1) is 16.1. The summed E-state index contributed by atoms with van der Waals surface area (Å²) in [6.45, 7) is 4.28. The quantitative estimate of drug-likeness (QED) is 0.259. The van der Waals surface area contributed by atoms with Gasteiger partial charge in [-0.25, -0.2) is 8.78 Å². The zero-order chi connectivity index (χ0) is 23.5. The summed E-state index contributed by atoms with van der Waals surface area (Å²) in [5.74, 6) is 11.1. The Bertz CT molecular complexity index is 1180. The van der Waals surface area contributed by atoms with E-state index in [1.54, 1.807) is 24.3 Å². The van der Waals surface area contributed by atoms with E-state index in [4.69, 9.17) is 0 Å². The molecule has 0 unspecified atom stereocenters. The van der Waals surface area contributed by atoms with Crippen molar-refractivity contribution in [2.24, 2.45) is 0 Å². The molecule has 0 saturated heterocycles. The van der Waals surface area contributed by atoms with Crippen molar-refractivity contribution in [1.82, 2.24) is 0 Å². The lowest BCUT2D eigenvalue weighted by atomic mass is 10.0. The summed E-state index contributed by atoms with van der Waals surface area (Å²) in [7, 11) is 0. The summed E-state index contributed by atoms with van der Waals surface area (Å²) in [5.41, 5.74) is 4.32. The highest BCUT2D eigenvalue weighted by Crippen LogP contribution is 2.14. The van der Waals surface area contributed by atoms with Gasteiger partial charge in [-0.2, -0.15) is 0 Å². The van der Waals surface area contributed by atoms with E-state index in [0.29, 0.717) is 16.7 Å². The maximum absolute atomic E-state index is 14.5. The van der Waals surface area contributed by atoms with Gasteiger partial charge in [-0.3, -0.25) is 0 Å². The molecule has 0 amide bonds. The van der Waals surface area contributed by atoms with Crippen LogP contribution in [0.25, 0.3) is 0 Å². The van der Waals surface area contributed by atoms with Gasteiger partial charge in [-0.1, -0.05) is 75.0 Å². The molecule has 2 heteroatoms. The van der Waals surface area contributed by atoms with Crippen molar-refractivity contribution in [2.75, 3.05) is 0 Å². The minimum absolute atomic E-state index is 0.254. The Hall–Kier alpha value is -3.36. The molecule has 0 heterocycles. The van der Waals surface area contributed by atoms with Gasteiger partial charge in [0.25, 0.3) is 0 Å². The molecule has 0 aliphatic carbocycles. The van der Waals surface area contributed by atoms with Crippen molar-refractivity contribution in [2.45, 2.75) is 58.8 Å². The first-order valence-corrected chi connectivity index (χ1v) is 11.8. The van der Waals surface area contributed by atoms with E-state index < -0.39 is 5.82 Å². The first-order valence-electron chi connectivity index (χ1n) is 11.8. The van der Waals surface area contributed by atoms with E-state index >= 15 is 0 Å². The molecule has 0 atom stereocenters. The smallest absolute Gasteiger partial charge is 0.140 e. The summed E-state index contributed by atoms with van der Waals surface area (Å²) < 4.78 is 28.7. The molecule has 0 bridgehead atoms. The van der Waals surface area contributed by atoms with Crippen LogP contribution in [0.2, 0.25) is 0 Å². The lowest BCUT2D eigenvalue weighted by Gasteiger charge is -2.02. The van der Waals surface area contributed by atoms with Crippen LogP contribution < -0.4 is 0 Å². The van der Waals surface area contributed by atoms with Gasteiger partial charge in [0, 0.05) is 16.7 Å². The van der Waals surface area contributed by atoms with E-state index in [9.17, 15) is 8.78 Å². The zero-order valence-corrected chi connectivity index (χ0v) is 19.5. The van der Waals surface area contributed by atoms with Crippen LogP contribution in [0.5, 0.6) is 0 Å². The van der Waals surface area contributed by atoms with Crippen LogP contribution >= 0.6 is 0 Å². The second kappa shape index (κ2) is 12.6. The van der Waals surface area contributed by atoms with Crippen LogP contribution in [0, 0.1) is 35.3 Å². The molecule has 0 nitrogen and oxygen atoms in total. The Morgan fingerprint density at radius 1 is 0.576 bits per heavy atom. The van der Waals surface area contributed by atoms with Crippen LogP contribution in [0.4, 0.5) is 8.78 Å². The fourth-order valence-corrected chi connectivity index (χ4v) is 3.51. The topological polar surface area (TPSA) is 0 Å². The molecule has 33 heavy (non-hydrogen) atoms. The summed E-state index contributed by atoms with van der Waals surface area (Å²) in [5, 5.41) is 0. The number of hydrogen-bond acceptors (Lipinski definition) is 0. The van der Waals surface area contributed by atoms with Gasteiger partial charge in [-0.15, -0.1) is 0 Å². The van der Waals surface area contributed by atoms with Gasteiger partial charge in [-0.05, 0) is 79.3 Å². The molecule has 3 rings (SSSR count). The van der Waals surface area contributed by atoms with Crippen molar-refractivity contribution in [3.63, 3.8) is 0 Å². The van der Waals surface area contributed by atoms with Crippen molar-refractivity contribution in [3.05, 3.63) is 106 Å². The van der Waals surface area contributed by atoms with Crippen LogP contribution in [-0.4, -0.2) is 0 Å². The largest absolute Gasteiger partial charge is 0.207 e. The maximum Gasteiger partial charge on any atom is 0.140 e. The Morgan fingerprint density at radius 3 is 1.85 bits per heavy atom. The van der Waals surface area contributed by atoms with Gasteiger partial charge in [0.15, 0.2) is 0 Å². The number of halogens is 2. The molecule has 0 aliphatic rings. The summed E-state index contributed by atoms with van der Waals surface area (Å²) in [4.78, 5) is 0. The summed E-state index contributed by atoms with van der Waals surface area (Å²) in [6.07, 6.45) is 7.44. The minimum Gasteiger partial charge on any atom is -0.207 e. The van der Waals surface area contributed by atoms with Crippen molar-refractivity contribution in [1.29, 1.82) is 0 Å². The molecule has 0 saturated carbocycles. The molecule has 0 radical (unpaired) electrons. The normalized spacial score (nSPS) is 10.2. The molecule has 3 aromatic carbocycles. The third kappa shape index (κ3) is 7.62. The first kappa shape index (κ1) is 24.3. The highest BCUT2D eigenvalue weighted by atomic mass is 19.1. The molecule has 168 valence electrons. The fourth-order valence-electron chi connectivity index (χ4n) is 3.51. The third-order valence-corrected chi connectivity index (χ3v) is 5.54. The average molecular weight is 441 g/mol. The maximum atomic E-state index is 14.5. The second-order valence-electron chi connectivity index (χ2n) is 8.26. The van der Waals surface area contributed by atoms with Crippen LogP contribution in [-0.2, 0) is 12.8 Å². The molecule has 0 aromatic heterocycles. The number of hydrogen-bond donors (Lipinski definition) is 0. The van der Waals surface area contributed by atoms with E-state index in [1.807, 2.05) is 12.1 Å². The summed E-state index contributed by atoms with van der Waals surface area (Å²) in [6, 6.07) is 18.0. The van der Waals surface area contributed by atoms with Gasteiger partial charge in [0.1, 0.15) is 11.6 Å². The van der Waals surface area contributed by atoms with Crippen molar-refractivity contribution in [3.8, 4) is 23.7 Å². The van der Waals surface area contributed by atoms with Crippen molar-refractivity contribution >= 4 is 0 Å². The number of aryl methyl sites for hydroxylation is 2. The van der Waals surface area contributed by atoms with E-state index in [0.717, 1.165) is 31.2 Å². The molecule has 0 spiro atoms. The molecule has 0 aliphatic heterocycles. The summed E-state index contributed by atoms with van der Waals surface area (Å²) >= 11 is 0. The van der Waals surface area contributed by atoms with Crippen molar-refractivity contribution < 1.29 is 8.78 Å². The Balaban J connectivity index is 1.66. The standard InChI is InChI=1S/C31H30F2/c1-3-5-7-8-24-10-12-25(13-11-24)14-15-26-17-20-29(31(33)22-26)21-18-27-16-19-28(9-6-4-2)30(32)23-27/h10-13,16-17,19-20,22-23H,3-9H2,1-2H3. The molecule has 0 N–H and O–H groups in total. The zero-order valence-electron chi connectivity index (χ0n) is 19.5. The van der Waals surface area contributed by atoms with Gasteiger partial charge in [0.05, 0.1) is 5.56 Å². The van der Waals surface area contributed by atoms with Gasteiger partial charge >= 0.3 is 0 Å².